The third kappa shape index (κ3) is 7.71. The van der Waals surface area contributed by atoms with Crippen molar-refractivity contribution in [2.45, 2.75) is 52.0 Å². The molecule has 20 heavy (non-hydrogen) atoms. The van der Waals surface area contributed by atoms with E-state index in [0.29, 0.717) is 12.4 Å². The molecule has 0 saturated carbocycles. The Kier molecular flexibility index (Phi) is 7.31. The quantitative estimate of drug-likeness (QED) is 0.696. The van der Waals surface area contributed by atoms with E-state index in [-0.39, 0.29) is 10.6 Å². The van der Waals surface area contributed by atoms with E-state index in [1.54, 1.807) is 6.07 Å². The lowest BCUT2D eigenvalue weighted by atomic mass is 10.1. The van der Waals surface area contributed by atoms with Gasteiger partial charge in [0.15, 0.2) is 0 Å². The molecule has 1 aromatic carbocycles. The predicted molar refractivity (Wildman–Crippen MR) is 83.1 cm³/mol. The third-order valence-corrected chi connectivity index (χ3v) is 3.19. The summed E-state index contributed by atoms with van der Waals surface area (Å²) in [4.78, 5) is 0. The van der Waals surface area contributed by atoms with Crippen molar-refractivity contribution in [3.8, 4) is 5.75 Å². The van der Waals surface area contributed by atoms with Crippen LogP contribution < -0.4 is 10.1 Å². The van der Waals surface area contributed by atoms with Gasteiger partial charge in [-0.15, -0.1) is 0 Å². The second-order valence-electron chi connectivity index (χ2n) is 6.02. The first-order chi connectivity index (χ1) is 9.38. The molecule has 0 spiro atoms. The van der Waals surface area contributed by atoms with Crippen molar-refractivity contribution in [1.29, 1.82) is 0 Å². The Morgan fingerprint density at radius 2 is 1.85 bits per heavy atom. The molecule has 0 radical (unpaired) electrons. The van der Waals surface area contributed by atoms with Crippen LogP contribution in [0.1, 0.15) is 46.5 Å². The molecule has 0 unspecified atom stereocenters. The number of unbranched alkanes of at least 4 members (excludes halogenated alkanes) is 3. The maximum absolute atomic E-state index is 13.2. The van der Waals surface area contributed by atoms with Gasteiger partial charge in [-0.3, -0.25) is 0 Å². The van der Waals surface area contributed by atoms with Gasteiger partial charge in [0.2, 0.25) is 0 Å². The SMILES string of the molecule is CC(C)(C)NCCCCCCOc1ccc(Cl)c(F)c1. The number of hydrogen-bond donors (Lipinski definition) is 1. The van der Waals surface area contributed by atoms with Gasteiger partial charge < -0.3 is 10.1 Å². The van der Waals surface area contributed by atoms with Gasteiger partial charge in [0.25, 0.3) is 0 Å². The van der Waals surface area contributed by atoms with E-state index in [1.165, 1.54) is 25.0 Å². The summed E-state index contributed by atoms with van der Waals surface area (Å²) < 4.78 is 18.7. The van der Waals surface area contributed by atoms with Crippen LogP contribution in [0.25, 0.3) is 0 Å². The van der Waals surface area contributed by atoms with Crippen LogP contribution in [-0.4, -0.2) is 18.7 Å². The third-order valence-electron chi connectivity index (χ3n) is 2.89. The topological polar surface area (TPSA) is 21.3 Å². The maximum atomic E-state index is 13.2. The molecule has 0 aliphatic rings. The fraction of sp³-hybridized carbons (Fsp3) is 0.625. The summed E-state index contributed by atoms with van der Waals surface area (Å²) in [7, 11) is 0. The summed E-state index contributed by atoms with van der Waals surface area (Å²) in [5.74, 6) is 0.110. The number of ether oxygens (including phenoxy) is 1. The van der Waals surface area contributed by atoms with E-state index in [9.17, 15) is 4.39 Å². The highest BCUT2D eigenvalue weighted by Crippen LogP contribution is 2.20. The minimum Gasteiger partial charge on any atom is -0.493 e. The second-order valence-corrected chi connectivity index (χ2v) is 6.42. The maximum Gasteiger partial charge on any atom is 0.145 e. The standard InChI is InChI=1S/C16H25ClFNO/c1-16(2,3)19-10-6-4-5-7-11-20-13-8-9-14(17)15(18)12-13/h8-9,12,19H,4-7,10-11H2,1-3H3. The molecule has 0 aliphatic carbocycles. The number of hydrogen-bond acceptors (Lipinski definition) is 2. The van der Waals surface area contributed by atoms with Crippen LogP contribution in [0.2, 0.25) is 5.02 Å². The molecule has 0 heterocycles. The molecule has 2 nitrogen and oxygen atoms in total. The summed E-state index contributed by atoms with van der Waals surface area (Å²) in [5.41, 5.74) is 0.196. The van der Waals surface area contributed by atoms with E-state index in [1.807, 2.05) is 0 Å². The zero-order valence-corrected chi connectivity index (χ0v) is 13.4. The van der Waals surface area contributed by atoms with Crippen LogP contribution in [-0.2, 0) is 0 Å². The van der Waals surface area contributed by atoms with Crippen molar-refractivity contribution in [2.75, 3.05) is 13.2 Å². The van der Waals surface area contributed by atoms with E-state index in [0.717, 1.165) is 19.4 Å². The minimum absolute atomic E-state index is 0.128. The average Bonchev–Trinajstić information content (AvgIpc) is 2.35. The fourth-order valence-corrected chi connectivity index (χ4v) is 1.92. The first-order valence-corrected chi connectivity index (χ1v) is 7.59. The number of halogens is 2. The predicted octanol–water partition coefficient (Wildman–Crippen LogP) is 4.81. The van der Waals surface area contributed by atoms with Crippen LogP contribution in [0, 0.1) is 5.82 Å². The van der Waals surface area contributed by atoms with Crippen LogP contribution in [0.4, 0.5) is 4.39 Å². The van der Waals surface area contributed by atoms with Gasteiger partial charge in [0.05, 0.1) is 11.6 Å². The van der Waals surface area contributed by atoms with Crippen molar-refractivity contribution in [3.05, 3.63) is 29.0 Å². The molecular weight excluding hydrogens is 277 g/mol. The van der Waals surface area contributed by atoms with E-state index in [4.69, 9.17) is 16.3 Å². The zero-order valence-electron chi connectivity index (χ0n) is 12.6. The fourth-order valence-electron chi connectivity index (χ4n) is 1.80. The Morgan fingerprint density at radius 3 is 2.50 bits per heavy atom. The smallest absolute Gasteiger partial charge is 0.145 e. The Morgan fingerprint density at radius 1 is 1.15 bits per heavy atom. The van der Waals surface area contributed by atoms with Crippen LogP contribution in [0.15, 0.2) is 18.2 Å². The Hall–Kier alpha value is -0.800. The molecule has 114 valence electrons. The molecule has 1 N–H and O–H groups in total. The lowest BCUT2D eigenvalue weighted by molar-refractivity contribution is 0.302. The lowest BCUT2D eigenvalue weighted by Crippen LogP contribution is -2.36. The number of nitrogens with one attached hydrogen (secondary N) is 1. The van der Waals surface area contributed by atoms with Gasteiger partial charge in [-0.2, -0.15) is 0 Å². The summed E-state index contributed by atoms with van der Waals surface area (Å²) in [6.45, 7) is 8.19. The molecule has 4 heteroatoms. The molecule has 0 saturated heterocycles. The summed E-state index contributed by atoms with van der Waals surface area (Å²) >= 11 is 5.61. The highest BCUT2D eigenvalue weighted by atomic mass is 35.5. The highest BCUT2D eigenvalue weighted by Gasteiger charge is 2.06. The Labute approximate surface area is 126 Å². The molecule has 0 bridgehead atoms. The first kappa shape index (κ1) is 17.3. The van der Waals surface area contributed by atoms with Crippen LogP contribution in [0.5, 0.6) is 5.75 Å². The molecule has 0 atom stereocenters. The number of rotatable bonds is 8. The monoisotopic (exact) mass is 301 g/mol. The average molecular weight is 302 g/mol. The van der Waals surface area contributed by atoms with E-state index < -0.39 is 5.82 Å². The van der Waals surface area contributed by atoms with Crippen LogP contribution in [0.3, 0.4) is 0 Å². The van der Waals surface area contributed by atoms with Gasteiger partial charge >= 0.3 is 0 Å². The summed E-state index contributed by atoms with van der Waals surface area (Å²) in [6, 6.07) is 4.54. The van der Waals surface area contributed by atoms with Gasteiger partial charge in [0.1, 0.15) is 11.6 Å². The molecule has 1 aromatic rings. The Balaban J connectivity index is 2.03. The molecular formula is C16H25ClFNO. The molecule has 1 rings (SSSR count). The van der Waals surface area contributed by atoms with Gasteiger partial charge in [-0.25, -0.2) is 4.39 Å². The first-order valence-electron chi connectivity index (χ1n) is 7.21. The normalized spacial score (nSPS) is 11.7. The van der Waals surface area contributed by atoms with Gasteiger partial charge in [-0.05, 0) is 52.3 Å². The van der Waals surface area contributed by atoms with Gasteiger partial charge in [-0.1, -0.05) is 24.4 Å². The van der Waals surface area contributed by atoms with Crippen molar-refractivity contribution in [3.63, 3.8) is 0 Å². The highest BCUT2D eigenvalue weighted by molar-refractivity contribution is 6.30. The largest absolute Gasteiger partial charge is 0.493 e. The Bertz CT molecular complexity index is 404. The molecule has 0 aliphatic heterocycles. The number of benzene rings is 1. The van der Waals surface area contributed by atoms with Crippen LogP contribution >= 0.6 is 11.6 Å². The van der Waals surface area contributed by atoms with Gasteiger partial charge in [0, 0.05) is 11.6 Å². The summed E-state index contributed by atoms with van der Waals surface area (Å²) in [5, 5.41) is 3.59. The lowest BCUT2D eigenvalue weighted by Gasteiger charge is -2.20. The summed E-state index contributed by atoms with van der Waals surface area (Å²) in [6.07, 6.45) is 4.47. The molecule has 0 fully saturated rings. The van der Waals surface area contributed by atoms with Crippen molar-refractivity contribution >= 4 is 11.6 Å². The second kappa shape index (κ2) is 8.48. The zero-order chi connectivity index (χ0) is 15.0. The van der Waals surface area contributed by atoms with Crippen molar-refractivity contribution < 1.29 is 9.13 Å². The van der Waals surface area contributed by atoms with Crippen molar-refractivity contribution in [2.24, 2.45) is 0 Å². The molecule has 0 amide bonds. The van der Waals surface area contributed by atoms with E-state index in [2.05, 4.69) is 26.1 Å². The van der Waals surface area contributed by atoms with Crippen molar-refractivity contribution in [1.82, 2.24) is 5.32 Å². The minimum atomic E-state index is -0.433. The van der Waals surface area contributed by atoms with E-state index >= 15 is 0 Å². The molecule has 0 aromatic heterocycles.